The predicted molar refractivity (Wildman–Crippen MR) is 68.5 cm³/mol. The van der Waals surface area contributed by atoms with Crippen LogP contribution in [0.5, 0.6) is 0 Å². The highest BCUT2D eigenvalue weighted by Crippen LogP contribution is 2.47. The molecule has 0 aromatic heterocycles. The third-order valence-corrected chi connectivity index (χ3v) is 3.08. The van der Waals surface area contributed by atoms with Crippen molar-refractivity contribution in [2.45, 2.75) is 24.6 Å². The number of rotatable bonds is 2. The highest BCUT2D eigenvalue weighted by molar-refractivity contribution is 6.00. The molecule has 0 bridgehead atoms. The first-order valence-corrected chi connectivity index (χ1v) is 6.37. The van der Waals surface area contributed by atoms with E-state index in [9.17, 15) is 35.5 Å². The largest absolute Gasteiger partial charge is 0.471 e. The predicted octanol–water partition coefficient (Wildman–Crippen LogP) is 2.50. The monoisotopic (exact) mass is 371 g/mol. The number of carbonyl (C=O) groups excluding carboxylic acids is 1. The van der Waals surface area contributed by atoms with E-state index in [2.05, 4.69) is 15.2 Å². The second kappa shape index (κ2) is 6.06. The molecule has 25 heavy (non-hydrogen) atoms. The molecular weight excluding hydrogens is 363 g/mol. The molecule has 0 spiro atoms. The van der Waals surface area contributed by atoms with E-state index in [1.807, 2.05) is 0 Å². The first-order chi connectivity index (χ1) is 11.4. The maximum Gasteiger partial charge on any atom is 0.471 e. The maximum atomic E-state index is 14.0. The van der Waals surface area contributed by atoms with Crippen molar-refractivity contribution >= 4 is 11.9 Å². The fraction of sp³-hybridized carbons (Fsp3) is 0.333. The van der Waals surface area contributed by atoms with Gasteiger partial charge >= 0.3 is 18.3 Å². The van der Waals surface area contributed by atoms with Crippen LogP contribution < -0.4 is 11.1 Å². The summed E-state index contributed by atoms with van der Waals surface area (Å²) in [6.07, 6.45) is -10.7. The van der Waals surface area contributed by atoms with Gasteiger partial charge < -0.3 is 5.73 Å². The van der Waals surface area contributed by atoms with Gasteiger partial charge in [0.15, 0.2) is 0 Å². The zero-order valence-electron chi connectivity index (χ0n) is 11.9. The summed E-state index contributed by atoms with van der Waals surface area (Å²) in [4.78, 5) is 13.7. The van der Waals surface area contributed by atoms with Crippen LogP contribution in [0.15, 0.2) is 33.4 Å². The Morgan fingerprint density at radius 1 is 1.20 bits per heavy atom. The van der Waals surface area contributed by atoms with Crippen molar-refractivity contribution in [3.05, 3.63) is 35.1 Å². The molecular formula is C12H8F7N5O. The van der Waals surface area contributed by atoms with Crippen LogP contribution in [0.3, 0.4) is 0 Å². The highest BCUT2D eigenvalue weighted by Gasteiger charge is 2.61. The number of nitrogens with zero attached hydrogens (tertiary/aromatic N) is 3. The number of nitrogens with one attached hydrogen (secondary N) is 1. The molecule has 3 N–H and O–H groups in total. The van der Waals surface area contributed by atoms with Crippen molar-refractivity contribution in [1.29, 1.82) is 0 Å². The van der Waals surface area contributed by atoms with Gasteiger partial charge in [-0.3, -0.25) is 10.1 Å². The molecule has 0 radical (unpaired) electrons. The molecule has 136 valence electrons. The second-order valence-corrected chi connectivity index (χ2v) is 4.78. The minimum Gasteiger partial charge on any atom is -0.326 e. The van der Waals surface area contributed by atoms with E-state index < -0.39 is 41.3 Å². The molecule has 1 aromatic carbocycles. The van der Waals surface area contributed by atoms with Crippen molar-refractivity contribution in [2.24, 2.45) is 21.0 Å². The van der Waals surface area contributed by atoms with Crippen LogP contribution in [0.2, 0.25) is 0 Å². The fourth-order valence-electron chi connectivity index (χ4n) is 1.90. The highest BCUT2D eigenvalue weighted by atomic mass is 19.4. The minimum absolute atomic E-state index is 0.159. The molecule has 1 aliphatic heterocycles. The van der Waals surface area contributed by atoms with E-state index in [0.29, 0.717) is 12.1 Å². The number of carbonyl (C=O) groups is 1. The van der Waals surface area contributed by atoms with Gasteiger partial charge in [-0.25, -0.2) is 9.38 Å². The van der Waals surface area contributed by atoms with Gasteiger partial charge in [-0.15, -0.1) is 10.2 Å². The number of azo groups is 1. The van der Waals surface area contributed by atoms with Gasteiger partial charge in [0.2, 0.25) is 5.96 Å². The van der Waals surface area contributed by atoms with Crippen molar-refractivity contribution in [2.75, 3.05) is 0 Å². The van der Waals surface area contributed by atoms with Gasteiger partial charge in [-0.1, -0.05) is 12.1 Å². The lowest BCUT2D eigenvalue weighted by Crippen LogP contribution is -2.42. The van der Waals surface area contributed by atoms with Gasteiger partial charge in [0.25, 0.3) is 5.66 Å². The Labute approximate surface area is 134 Å². The normalized spacial score (nSPS) is 20.6. The Morgan fingerprint density at radius 3 is 2.32 bits per heavy atom. The molecule has 1 aliphatic rings. The van der Waals surface area contributed by atoms with E-state index in [1.165, 1.54) is 0 Å². The molecule has 1 unspecified atom stereocenters. The number of halogens is 7. The van der Waals surface area contributed by atoms with Crippen LogP contribution in [0.25, 0.3) is 0 Å². The second-order valence-electron chi connectivity index (χ2n) is 4.78. The van der Waals surface area contributed by atoms with Gasteiger partial charge in [0, 0.05) is 12.1 Å². The van der Waals surface area contributed by atoms with E-state index in [1.54, 1.807) is 0 Å². The zero-order chi connectivity index (χ0) is 19.0. The van der Waals surface area contributed by atoms with Gasteiger partial charge in [-0.2, -0.15) is 26.3 Å². The Balaban J connectivity index is 2.49. The van der Waals surface area contributed by atoms with E-state index in [-0.39, 0.29) is 12.1 Å². The summed E-state index contributed by atoms with van der Waals surface area (Å²) < 4.78 is 90.8. The number of alkyl halides is 6. The van der Waals surface area contributed by atoms with Gasteiger partial charge in [-0.05, 0) is 11.6 Å². The maximum absolute atomic E-state index is 14.0. The van der Waals surface area contributed by atoms with Crippen LogP contribution in [0.4, 0.5) is 30.7 Å². The Bertz CT molecular complexity index is 755. The Morgan fingerprint density at radius 2 is 1.84 bits per heavy atom. The molecule has 0 saturated heterocycles. The first kappa shape index (κ1) is 18.8. The van der Waals surface area contributed by atoms with Crippen LogP contribution >= 0.6 is 0 Å². The third-order valence-electron chi connectivity index (χ3n) is 3.08. The Kier molecular flexibility index (Phi) is 4.55. The van der Waals surface area contributed by atoms with Crippen LogP contribution in [-0.2, 0) is 17.0 Å². The molecule has 6 nitrogen and oxygen atoms in total. The molecule has 1 amide bonds. The number of benzene rings is 1. The summed E-state index contributed by atoms with van der Waals surface area (Å²) >= 11 is 0. The van der Waals surface area contributed by atoms with E-state index in [0.717, 1.165) is 11.4 Å². The number of amides is 1. The summed E-state index contributed by atoms with van der Waals surface area (Å²) in [5.41, 5.74) is 0.703. The number of aliphatic imine (C=N–C) groups is 1. The van der Waals surface area contributed by atoms with E-state index in [4.69, 9.17) is 5.73 Å². The zero-order valence-corrected chi connectivity index (χ0v) is 11.9. The lowest BCUT2D eigenvalue weighted by Gasteiger charge is -2.25. The van der Waals surface area contributed by atoms with Gasteiger partial charge in [0.05, 0.1) is 0 Å². The summed E-state index contributed by atoms with van der Waals surface area (Å²) in [7, 11) is 0. The minimum atomic E-state index is -5.38. The molecule has 0 fully saturated rings. The molecule has 1 heterocycles. The number of guanidine groups is 1. The smallest absolute Gasteiger partial charge is 0.326 e. The van der Waals surface area contributed by atoms with Crippen molar-refractivity contribution in [1.82, 2.24) is 5.32 Å². The lowest BCUT2D eigenvalue weighted by molar-refractivity contribution is -0.187. The average molecular weight is 371 g/mol. The molecule has 0 aliphatic carbocycles. The van der Waals surface area contributed by atoms with Crippen molar-refractivity contribution in [3.63, 3.8) is 0 Å². The van der Waals surface area contributed by atoms with Crippen LogP contribution in [0, 0.1) is 5.82 Å². The number of hydrogen-bond donors (Lipinski definition) is 2. The summed E-state index contributed by atoms with van der Waals surface area (Å²) in [5, 5.41) is 6.63. The SMILES string of the molecule is NCc1ccc(C2(C(F)(F)F)N=NC(NC(=O)C(F)(F)F)=N2)c(F)c1. The standard InChI is InChI=1S/C12H8F7N5O/c13-7-3-5(4-20)1-2-6(7)10(12(17,18)19)22-9(23-24-10)21-8(25)11(14,15)16/h1-3H,4,20H2,(H,21,22,25). The average Bonchev–Trinajstić information content (AvgIpc) is 2.90. The van der Waals surface area contributed by atoms with Crippen molar-refractivity contribution in [3.8, 4) is 0 Å². The first-order valence-electron chi connectivity index (χ1n) is 6.37. The third kappa shape index (κ3) is 3.45. The number of nitrogens with two attached hydrogens (primary N) is 1. The fourth-order valence-corrected chi connectivity index (χ4v) is 1.90. The molecule has 1 aromatic rings. The molecule has 13 heteroatoms. The Hall–Kier alpha value is -2.57. The topological polar surface area (TPSA) is 92.2 Å². The summed E-state index contributed by atoms with van der Waals surface area (Å²) in [6, 6.07) is 2.48. The van der Waals surface area contributed by atoms with Crippen LogP contribution in [-0.4, -0.2) is 24.2 Å². The van der Waals surface area contributed by atoms with Crippen molar-refractivity contribution < 1.29 is 35.5 Å². The van der Waals surface area contributed by atoms with Crippen LogP contribution in [0.1, 0.15) is 11.1 Å². The van der Waals surface area contributed by atoms with Gasteiger partial charge in [0.1, 0.15) is 5.82 Å². The quantitative estimate of drug-likeness (QED) is 0.782. The van der Waals surface area contributed by atoms with E-state index >= 15 is 0 Å². The summed E-state index contributed by atoms with van der Waals surface area (Å²) in [6.45, 7) is -0.159. The molecule has 0 saturated carbocycles. The number of hydrogen-bond acceptors (Lipinski definition) is 5. The lowest BCUT2D eigenvalue weighted by atomic mass is 9.98. The molecule has 1 atom stereocenters. The summed E-state index contributed by atoms with van der Waals surface area (Å²) in [5.74, 6) is -5.32. The molecule has 2 rings (SSSR count).